The first-order chi connectivity index (χ1) is 15.5. The molecule has 4 N–H and O–H groups in total. The first-order valence-corrected chi connectivity index (χ1v) is 10.9. The molecule has 1 fully saturated rings. The molecule has 1 aromatic carbocycles. The zero-order chi connectivity index (χ0) is 24.0. The molecule has 1 unspecified atom stereocenters. The number of nitrogens with zero attached hydrogens (tertiary/aromatic N) is 4. The van der Waals surface area contributed by atoms with Gasteiger partial charge < -0.3 is 20.8 Å². The standard InChI is InChI=1S/C24H29N5O4/c1-23(2,32)15-28-11-8-19-18(14-28)20(21(25)30)26-29(19)17-6-4-5-16(13-17)7-9-24(33)10-12-27(3)22(24)31/h4-6,13,32-33H,8,10-12,14-15H2,1-3H3,(H2,25,30). The van der Waals surface area contributed by atoms with Crippen molar-refractivity contribution >= 4 is 11.8 Å². The molecule has 2 aliphatic heterocycles. The quantitative estimate of drug-likeness (QED) is 0.564. The van der Waals surface area contributed by atoms with Crippen LogP contribution in [0.25, 0.3) is 5.69 Å². The van der Waals surface area contributed by atoms with Crippen molar-refractivity contribution in [1.29, 1.82) is 0 Å². The van der Waals surface area contributed by atoms with Gasteiger partial charge in [-0.25, -0.2) is 4.68 Å². The smallest absolute Gasteiger partial charge is 0.269 e. The molecule has 33 heavy (non-hydrogen) atoms. The van der Waals surface area contributed by atoms with E-state index in [0.29, 0.717) is 43.9 Å². The Bertz CT molecular complexity index is 1170. The molecule has 1 aromatic heterocycles. The molecule has 2 aliphatic rings. The first kappa shape index (κ1) is 23.0. The molecule has 9 nitrogen and oxygen atoms in total. The summed E-state index contributed by atoms with van der Waals surface area (Å²) >= 11 is 0. The second-order valence-electron chi connectivity index (χ2n) is 9.46. The van der Waals surface area contributed by atoms with E-state index in [2.05, 4.69) is 21.8 Å². The predicted octanol–water partition coefficient (Wildman–Crippen LogP) is 0.0449. The average Bonchev–Trinajstić information content (AvgIpc) is 3.25. The highest BCUT2D eigenvalue weighted by molar-refractivity contribution is 5.93. The summed E-state index contributed by atoms with van der Waals surface area (Å²) in [5, 5.41) is 25.2. The van der Waals surface area contributed by atoms with E-state index >= 15 is 0 Å². The van der Waals surface area contributed by atoms with E-state index < -0.39 is 23.0 Å². The number of benzene rings is 1. The van der Waals surface area contributed by atoms with Gasteiger partial charge in [0.15, 0.2) is 5.69 Å². The maximum atomic E-state index is 12.2. The third-order valence-corrected chi connectivity index (χ3v) is 5.99. The van der Waals surface area contributed by atoms with E-state index in [1.54, 1.807) is 37.7 Å². The van der Waals surface area contributed by atoms with Crippen molar-refractivity contribution in [3.63, 3.8) is 0 Å². The summed E-state index contributed by atoms with van der Waals surface area (Å²) in [6, 6.07) is 7.27. The van der Waals surface area contributed by atoms with Gasteiger partial charge in [0.2, 0.25) is 5.60 Å². The van der Waals surface area contributed by atoms with Crippen LogP contribution in [-0.4, -0.2) is 79.5 Å². The minimum atomic E-state index is -1.67. The van der Waals surface area contributed by atoms with Crippen molar-refractivity contribution in [2.24, 2.45) is 5.73 Å². The topological polar surface area (TPSA) is 125 Å². The van der Waals surface area contributed by atoms with Crippen LogP contribution in [-0.2, 0) is 17.8 Å². The van der Waals surface area contributed by atoms with Crippen molar-refractivity contribution in [3.8, 4) is 17.5 Å². The lowest BCUT2D eigenvalue weighted by molar-refractivity contribution is -0.137. The molecule has 2 amide bonds. The summed E-state index contributed by atoms with van der Waals surface area (Å²) in [6.07, 6.45) is 0.910. The minimum absolute atomic E-state index is 0.218. The van der Waals surface area contributed by atoms with Gasteiger partial charge >= 0.3 is 0 Å². The van der Waals surface area contributed by atoms with Crippen molar-refractivity contribution < 1.29 is 19.8 Å². The van der Waals surface area contributed by atoms with E-state index in [-0.39, 0.29) is 12.1 Å². The number of likely N-dealkylation sites (tertiary alicyclic amines) is 1. The van der Waals surface area contributed by atoms with E-state index in [0.717, 1.165) is 11.3 Å². The van der Waals surface area contributed by atoms with Crippen molar-refractivity contribution in [2.45, 2.75) is 44.4 Å². The van der Waals surface area contributed by atoms with Gasteiger partial charge in [0.1, 0.15) is 0 Å². The summed E-state index contributed by atoms with van der Waals surface area (Å²) in [5.74, 6) is 4.65. The van der Waals surface area contributed by atoms with Gasteiger partial charge in [-0.1, -0.05) is 17.9 Å². The summed E-state index contributed by atoms with van der Waals surface area (Å²) in [6.45, 7) is 5.62. The molecule has 0 bridgehead atoms. The Kier molecular flexibility index (Phi) is 5.78. The molecule has 0 aliphatic carbocycles. The number of β-amino-alcohol motifs (C(OH)–C–C–N with tert-alkyl or cyclic N) is 1. The van der Waals surface area contributed by atoms with Crippen LogP contribution in [0.4, 0.5) is 0 Å². The number of amides is 2. The highest BCUT2D eigenvalue weighted by atomic mass is 16.3. The Morgan fingerprint density at radius 2 is 2.09 bits per heavy atom. The van der Waals surface area contributed by atoms with Crippen LogP contribution in [0.5, 0.6) is 0 Å². The number of hydrogen-bond acceptors (Lipinski definition) is 6. The van der Waals surface area contributed by atoms with E-state index in [4.69, 9.17) is 5.73 Å². The van der Waals surface area contributed by atoms with E-state index in [1.807, 2.05) is 12.1 Å². The van der Waals surface area contributed by atoms with Crippen LogP contribution in [0, 0.1) is 11.8 Å². The lowest BCUT2D eigenvalue weighted by atomic mass is 10.0. The third kappa shape index (κ3) is 4.64. The second kappa shape index (κ2) is 8.30. The van der Waals surface area contributed by atoms with Crippen LogP contribution in [0.2, 0.25) is 0 Å². The highest BCUT2D eigenvalue weighted by Crippen LogP contribution is 2.27. The fourth-order valence-corrected chi connectivity index (χ4v) is 4.43. The van der Waals surface area contributed by atoms with Crippen molar-refractivity contribution in [3.05, 3.63) is 46.8 Å². The molecule has 0 saturated carbocycles. The monoisotopic (exact) mass is 451 g/mol. The van der Waals surface area contributed by atoms with Crippen LogP contribution in [0.15, 0.2) is 24.3 Å². The van der Waals surface area contributed by atoms with Gasteiger partial charge in [0, 0.05) is 57.2 Å². The summed E-state index contributed by atoms with van der Waals surface area (Å²) in [4.78, 5) is 27.8. The van der Waals surface area contributed by atoms with Crippen LogP contribution >= 0.6 is 0 Å². The van der Waals surface area contributed by atoms with Crippen LogP contribution < -0.4 is 5.73 Å². The SMILES string of the molecule is CN1CCC(O)(C#Cc2cccc(-n3nc(C(N)=O)c4c3CCN(CC(C)(C)O)C4)c2)C1=O. The molecule has 1 atom stereocenters. The Hall–Kier alpha value is -3.19. The van der Waals surface area contributed by atoms with Gasteiger partial charge in [-0.15, -0.1) is 0 Å². The zero-order valence-corrected chi connectivity index (χ0v) is 19.1. The number of carbonyl (C=O) groups is 2. The normalized spacial score (nSPS) is 21.0. The molecule has 1 saturated heterocycles. The molecule has 4 rings (SSSR count). The summed E-state index contributed by atoms with van der Waals surface area (Å²) in [7, 11) is 1.64. The van der Waals surface area contributed by atoms with E-state index in [1.165, 1.54) is 4.90 Å². The number of aliphatic hydroxyl groups is 2. The first-order valence-electron chi connectivity index (χ1n) is 10.9. The number of likely N-dealkylation sites (N-methyl/N-ethyl adjacent to an activating group) is 1. The molecule has 9 heteroatoms. The highest BCUT2D eigenvalue weighted by Gasteiger charge is 2.42. The third-order valence-electron chi connectivity index (χ3n) is 5.99. The zero-order valence-electron chi connectivity index (χ0n) is 19.1. The molecule has 0 spiro atoms. The van der Waals surface area contributed by atoms with Gasteiger partial charge in [-0.05, 0) is 32.0 Å². The average molecular weight is 452 g/mol. The lowest BCUT2D eigenvalue weighted by Gasteiger charge is -2.32. The molecule has 2 aromatic rings. The van der Waals surface area contributed by atoms with Crippen LogP contribution in [0.1, 0.15) is 47.6 Å². The number of aromatic nitrogens is 2. The number of rotatable bonds is 4. The van der Waals surface area contributed by atoms with Crippen LogP contribution in [0.3, 0.4) is 0 Å². The van der Waals surface area contributed by atoms with Crippen molar-refractivity contribution in [1.82, 2.24) is 19.6 Å². The Morgan fingerprint density at radius 3 is 2.73 bits per heavy atom. The second-order valence-corrected chi connectivity index (χ2v) is 9.46. The Morgan fingerprint density at radius 1 is 1.33 bits per heavy atom. The number of nitrogens with two attached hydrogens (primary N) is 1. The molecule has 174 valence electrons. The molecular formula is C24H29N5O4. The minimum Gasteiger partial charge on any atom is -0.389 e. The van der Waals surface area contributed by atoms with Gasteiger partial charge in [-0.3, -0.25) is 14.5 Å². The summed E-state index contributed by atoms with van der Waals surface area (Å²) in [5.41, 5.74) is 6.31. The molecular weight excluding hydrogens is 422 g/mol. The van der Waals surface area contributed by atoms with Gasteiger partial charge in [0.05, 0.1) is 17.0 Å². The summed E-state index contributed by atoms with van der Waals surface area (Å²) < 4.78 is 1.71. The Balaban J connectivity index is 1.66. The fourth-order valence-electron chi connectivity index (χ4n) is 4.43. The van der Waals surface area contributed by atoms with Crippen molar-refractivity contribution in [2.75, 3.05) is 26.7 Å². The molecule has 0 radical (unpaired) electrons. The predicted molar refractivity (Wildman–Crippen MR) is 121 cm³/mol. The maximum absolute atomic E-state index is 12.2. The largest absolute Gasteiger partial charge is 0.389 e. The molecule has 3 heterocycles. The number of primary amides is 1. The Labute approximate surface area is 192 Å². The number of carbonyl (C=O) groups excluding carboxylic acids is 2. The van der Waals surface area contributed by atoms with Gasteiger partial charge in [-0.2, -0.15) is 5.10 Å². The van der Waals surface area contributed by atoms with E-state index in [9.17, 15) is 19.8 Å². The number of hydrogen-bond donors (Lipinski definition) is 3. The van der Waals surface area contributed by atoms with Gasteiger partial charge in [0.25, 0.3) is 11.8 Å². The maximum Gasteiger partial charge on any atom is 0.269 e. The number of fused-ring (bicyclic) bond motifs is 1. The lowest BCUT2D eigenvalue weighted by Crippen LogP contribution is -2.41. The fraction of sp³-hybridized carbons (Fsp3) is 0.458.